The first-order chi connectivity index (χ1) is 13.9. The number of hydrogen-bond donors (Lipinski definition) is 3. The van der Waals surface area contributed by atoms with Crippen LogP contribution in [0.25, 0.3) is 0 Å². The van der Waals surface area contributed by atoms with Crippen LogP contribution in [-0.4, -0.2) is 45.0 Å². The molecule has 2 atom stereocenters. The van der Waals surface area contributed by atoms with Gasteiger partial charge in [0.25, 0.3) is 0 Å². The Labute approximate surface area is 177 Å². The van der Waals surface area contributed by atoms with Crippen molar-refractivity contribution in [2.24, 2.45) is 0 Å². The van der Waals surface area contributed by atoms with E-state index in [1.807, 2.05) is 19.2 Å². The molecule has 1 aliphatic heterocycles. The van der Waals surface area contributed by atoms with Gasteiger partial charge in [-0.3, -0.25) is 14.3 Å². The van der Waals surface area contributed by atoms with Crippen molar-refractivity contribution in [3.8, 4) is 0 Å². The second-order valence-electron chi connectivity index (χ2n) is 6.56. The molecule has 8 nitrogen and oxygen atoms in total. The number of carbonyl (C=O) groups excluding carboxylic acids is 2. The van der Waals surface area contributed by atoms with E-state index in [-0.39, 0.29) is 23.3 Å². The highest BCUT2D eigenvalue weighted by atomic mass is 35.5. The smallest absolute Gasteiger partial charge is 0.242 e. The van der Waals surface area contributed by atoms with Gasteiger partial charge in [0, 0.05) is 30.6 Å². The zero-order valence-corrected chi connectivity index (χ0v) is 17.6. The molecule has 0 radical (unpaired) electrons. The number of benzene rings is 1. The first-order valence-corrected chi connectivity index (χ1v) is 10.2. The number of hydrogen-bond acceptors (Lipinski definition) is 6. The van der Waals surface area contributed by atoms with E-state index < -0.39 is 17.9 Å². The Kier molecular flexibility index (Phi) is 7.12. The van der Waals surface area contributed by atoms with E-state index in [4.69, 9.17) is 11.6 Å². The van der Waals surface area contributed by atoms with Crippen LogP contribution in [-0.2, 0) is 22.7 Å². The number of carbonyl (C=O) groups is 2. The van der Waals surface area contributed by atoms with Crippen LogP contribution in [0.5, 0.6) is 0 Å². The lowest BCUT2D eigenvalue weighted by Gasteiger charge is -2.34. The number of nitrogens with one attached hydrogen (secondary N) is 3. The normalized spacial score (nSPS) is 19.7. The van der Waals surface area contributed by atoms with E-state index in [1.165, 1.54) is 30.3 Å². The third-order valence-electron chi connectivity index (χ3n) is 4.51. The molecule has 3 N–H and O–H groups in total. The lowest BCUT2D eigenvalue weighted by molar-refractivity contribution is -0.124. The van der Waals surface area contributed by atoms with Crippen LogP contribution in [0.15, 0.2) is 30.5 Å². The highest BCUT2D eigenvalue weighted by Crippen LogP contribution is 2.24. The number of nitrogens with zero attached hydrogens (tertiary/aromatic N) is 3. The topological polar surface area (TPSA) is 91.3 Å². The van der Waals surface area contributed by atoms with Crippen molar-refractivity contribution in [2.45, 2.75) is 38.5 Å². The average Bonchev–Trinajstić information content (AvgIpc) is 3.17. The second-order valence-corrected chi connectivity index (χ2v) is 7.96. The van der Waals surface area contributed by atoms with E-state index in [2.05, 4.69) is 20.5 Å². The van der Waals surface area contributed by atoms with Gasteiger partial charge in [-0.1, -0.05) is 11.6 Å². The molecule has 11 heteroatoms. The summed E-state index contributed by atoms with van der Waals surface area (Å²) in [5, 5.41) is 9.82. The van der Waals surface area contributed by atoms with E-state index >= 15 is 0 Å². The Hall–Kier alpha value is -2.14. The third kappa shape index (κ3) is 5.47. The fraction of sp³-hybridized carbons (Fsp3) is 0.389. The van der Waals surface area contributed by atoms with Crippen molar-refractivity contribution in [2.75, 3.05) is 12.4 Å². The van der Waals surface area contributed by atoms with Gasteiger partial charge in [0.05, 0.1) is 23.3 Å². The minimum absolute atomic E-state index is 0.0707. The fourth-order valence-corrected chi connectivity index (χ4v) is 3.82. The minimum Gasteiger partial charge on any atom is -0.349 e. The summed E-state index contributed by atoms with van der Waals surface area (Å²) in [5.74, 6) is -1.07. The van der Waals surface area contributed by atoms with E-state index in [9.17, 15) is 14.0 Å². The van der Waals surface area contributed by atoms with Crippen LogP contribution >= 0.6 is 23.7 Å². The Morgan fingerprint density at radius 3 is 2.86 bits per heavy atom. The summed E-state index contributed by atoms with van der Waals surface area (Å²) in [4.78, 5) is 25.2. The summed E-state index contributed by atoms with van der Waals surface area (Å²) in [6.45, 7) is 3.06. The highest BCUT2D eigenvalue weighted by Gasteiger charge is 2.35. The SMILES string of the molecule is CCn1ccc(CNC(=O)C2CC(C(=O)Nc3ccc(F)c(Cl)c3)N(C)SN2)n1. The molecule has 1 aliphatic rings. The molecule has 0 bridgehead atoms. The minimum atomic E-state index is -0.556. The highest BCUT2D eigenvalue weighted by molar-refractivity contribution is 7.95. The maximum Gasteiger partial charge on any atom is 0.242 e. The Morgan fingerprint density at radius 1 is 1.38 bits per heavy atom. The molecule has 29 heavy (non-hydrogen) atoms. The van der Waals surface area contributed by atoms with E-state index in [0.717, 1.165) is 12.2 Å². The van der Waals surface area contributed by atoms with Crippen LogP contribution in [0.4, 0.5) is 10.1 Å². The third-order valence-corrected chi connectivity index (χ3v) is 5.73. The quantitative estimate of drug-likeness (QED) is 0.596. The molecule has 0 aliphatic carbocycles. The van der Waals surface area contributed by atoms with Crippen molar-refractivity contribution in [3.05, 3.63) is 47.0 Å². The zero-order valence-electron chi connectivity index (χ0n) is 16.0. The Balaban J connectivity index is 1.57. The van der Waals surface area contributed by atoms with Crippen LogP contribution in [0.3, 0.4) is 0 Å². The maximum atomic E-state index is 13.3. The fourth-order valence-electron chi connectivity index (χ4n) is 2.84. The van der Waals surface area contributed by atoms with Gasteiger partial charge in [0.1, 0.15) is 11.9 Å². The number of rotatable bonds is 6. The molecule has 1 aromatic carbocycles. The number of anilines is 1. The van der Waals surface area contributed by atoms with Crippen LogP contribution in [0.2, 0.25) is 5.02 Å². The zero-order chi connectivity index (χ0) is 21.0. The van der Waals surface area contributed by atoms with Crippen LogP contribution < -0.4 is 15.4 Å². The first kappa shape index (κ1) is 21.6. The van der Waals surface area contributed by atoms with Crippen molar-refractivity contribution >= 4 is 41.2 Å². The number of aromatic nitrogens is 2. The summed E-state index contributed by atoms with van der Waals surface area (Å²) in [6, 6.07) is 4.73. The van der Waals surface area contributed by atoms with Gasteiger partial charge in [0.15, 0.2) is 0 Å². The maximum absolute atomic E-state index is 13.3. The molecule has 2 amide bonds. The molecule has 2 unspecified atom stereocenters. The molecule has 156 valence electrons. The molecule has 2 aromatic rings. The number of amides is 2. The molecule has 1 saturated heterocycles. The molecule has 2 heterocycles. The lowest BCUT2D eigenvalue weighted by Crippen LogP contribution is -2.54. The van der Waals surface area contributed by atoms with Crippen LogP contribution in [0.1, 0.15) is 19.0 Å². The van der Waals surface area contributed by atoms with Gasteiger partial charge in [-0.2, -0.15) is 5.10 Å². The predicted octanol–water partition coefficient (Wildman–Crippen LogP) is 2.18. The van der Waals surface area contributed by atoms with E-state index in [0.29, 0.717) is 12.2 Å². The molecular formula is C18H22ClFN6O2S. The largest absolute Gasteiger partial charge is 0.349 e. The number of likely N-dealkylation sites (N-methyl/N-ethyl adjacent to an activating group) is 1. The number of aryl methyl sites for hydroxylation is 1. The van der Waals surface area contributed by atoms with Gasteiger partial charge in [-0.15, -0.1) is 0 Å². The van der Waals surface area contributed by atoms with Gasteiger partial charge in [-0.25, -0.2) is 13.4 Å². The van der Waals surface area contributed by atoms with Gasteiger partial charge < -0.3 is 10.6 Å². The second kappa shape index (κ2) is 9.57. The van der Waals surface area contributed by atoms with Crippen molar-refractivity contribution < 1.29 is 14.0 Å². The molecule has 3 rings (SSSR count). The summed E-state index contributed by atoms with van der Waals surface area (Å²) in [6.07, 6.45) is 2.13. The van der Waals surface area contributed by atoms with Gasteiger partial charge in [0.2, 0.25) is 11.8 Å². The van der Waals surface area contributed by atoms with Crippen molar-refractivity contribution in [3.63, 3.8) is 0 Å². The van der Waals surface area contributed by atoms with Crippen LogP contribution in [0, 0.1) is 5.82 Å². The van der Waals surface area contributed by atoms with E-state index in [1.54, 1.807) is 16.0 Å². The molecule has 0 spiro atoms. The van der Waals surface area contributed by atoms with Gasteiger partial charge >= 0.3 is 0 Å². The molecule has 0 saturated carbocycles. The first-order valence-electron chi connectivity index (χ1n) is 9.08. The molecular weight excluding hydrogens is 419 g/mol. The predicted molar refractivity (Wildman–Crippen MR) is 110 cm³/mol. The van der Waals surface area contributed by atoms with Crippen molar-refractivity contribution in [1.29, 1.82) is 0 Å². The van der Waals surface area contributed by atoms with Crippen molar-refractivity contribution in [1.82, 2.24) is 24.1 Å². The molecule has 1 fully saturated rings. The monoisotopic (exact) mass is 440 g/mol. The average molecular weight is 441 g/mol. The summed E-state index contributed by atoms with van der Waals surface area (Å²) >= 11 is 6.95. The van der Waals surface area contributed by atoms with Gasteiger partial charge in [-0.05, 0) is 44.7 Å². The Bertz CT molecular complexity index is 895. The summed E-state index contributed by atoms with van der Waals surface area (Å²) in [7, 11) is 1.76. The number of halogens is 2. The Morgan fingerprint density at radius 2 is 2.17 bits per heavy atom. The summed E-state index contributed by atoms with van der Waals surface area (Å²) < 4.78 is 19.9. The standard InChI is InChI=1S/C18H22ClFN6O2S/c1-3-26-7-6-12(23-26)10-21-17(27)15-9-16(25(2)29-24-15)18(28)22-11-4-5-14(20)13(19)8-11/h4-8,15-16,24H,3,9-10H2,1-2H3,(H,21,27)(H,22,28). The summed E-state index contributed by atoms with van der Waals surface area (Å²) in [5.41, 5.74) is 1.16. The molecule has 1 aromatic heterocycles. The lowest BCUT2D eigenvalue weighted by atomic mass is 10.1.